The predicted molar refractivity (Wildman–Crippen MR) is 65.4 cm³/mol. The maximum atomic E-state index is 4.57. The van der Waals surface area contributed by atoms with Crippen molar-refractivity contribution in [2.24, 2.45) is 5.41 Å². The summed E-state index contributed by atoms with van der Waals surface area (Å²) in [5.74, 6) is 0. The third-order valence-electron chi connectivity index (χ3n) is 3.11. The largest absolute Gasteiger partial charge is 0.358 e. The highest BCUT2D eigenvalue weighted by atomic mass is 32.1. The van der Waals surface area contributed by atoms with Crippen LogP contribution in [0.3, 0.4) is 0 Å². The van der Waals surface area contributed by atoms with Crippen molar-refractivity contribution in [3.05, 3.63) is 24.3 Å². The zero-order chi connectivity index (χ0) is 10.5. The van der Waals surface area contributed by atoms with Gasteiger partial charge in [-0.15, -0.1) is 0 Å². The second kappa shape index (κ2) is 2.95. The lowest BCUT2D eigenvalue weighted by Crippen LogP contribution is -2.07. The van der Waals surface area contributed by atoms with Gasteiger partial charge in [-0.25, -0.2) is 4.98 Å². The normalized spacial score (nSPS) is 22.9. The topological polar surface area (TPSA) is 24.9 Å². The van der Waals surface area contributed by atoms with Crippen LogP contribution in [0.5, 0.6) is 0 Å². The number of para-hydroxylation sites is 1. The van der Waals surface area contributed by atoms with E-state index < -0.39 is 0 Å². The Kier molecular flexibility index (Phi) is 1.80. The molecule has 3 heteroatoms. The van der Waals surface area contributed by atoms with Gasteiger partial charge in [-0.1, -0.05) is 37.3 Å². The molecule has 2 aromatic rings. The number of rotatable bonds is 2. The zero-order valence-corrected chi connectivity index (χ0v) is 9.77. The average molecular weight is 218 g/mol. The van der Waals surface area contributed by atoms with Crippen LogP contribution in [0, 0.1) is 5.41 Å². The van der Waals surface area contributed by atoms with Crippen LogP contribution in [0.15, 0.2) is 24.3 Å². The molecule has 3 rings (SSSR count). The Hall–Kier alpha value is -1.09. The first kappa shape index (κ1) is 9.16. The van der Waals surface area contributed by atoms with Gasteiger partial charge in [0, 0.05) is 6.04 Å². The van der Waals surface area contributed by atoms with Gasteiger partial charge in [0.25, 0.3) is 0 Å². The monoisotopic (exact) mass is 218 g/mol. The molecule has 1 aromatic heterocycles. The molecule has 0 spiro atoms. The number of nitrogens with one attached hydrogen (secondary N) is 1. The molecule has 1 unspecified atom stereocenters. The summed E-state index contributed by atoms with van der Waals surface area (Å²) in [6.07, 6.45) is 1.25. The van der Waals surface area contributed by atoms with E-state index in [-0.39, 0.29) is 0 Å². The molecule has 1 heterocycles. The van der Waals surface area contributed by atoms with Gasteiger partial charge in [0.2, 0.25) is 0 Å². The van der Waals surface area contributed by atoms with Gasteiger partial charge >= 0.3 is 0 Å². The Bertz CT molecular complexity index is 468. The fourth-order valence-electron chi connectivity index (χ4n) is 1.80. The quantitative estimate of drug-likeness (QED) is 0.834. The molecule has 2 nitrogen and oxygen atoms in total. The molecule has 1 aliphatic carbocycles. The Balaban J connectivity index is 1.87. The summed E-state index contributed by atoms with van der Waals surface area (Å²) in [4.78, 5) is 4.57. The van der Waals surface area contributed by atoms with Crippen LogP contribution in [-0.4, -0.2) is 11.0 Å². The van der Waals surface area contributed by atoms with Gasteiger partial charge in [-0.3, -0.25) is 0 Å². The van der Waals surface area contributed by atoms with Crippen molar-refractivity contribution in [3.63, 3.8) is 0 Å². The van der Waals surface area contributed by atoms with Crippen LogP contribution in [-0.2, 0) is 0 Å². The Morgan fingerprint density at radius 1 is 1.40 bits per heavy atom. The van der Waals surface area contributed by atoms with Gasteiger partial charge in [-0.2, -0.15) is 0 Å². The summed E-state index contributed by atoms with van der Waals surface area (Å²) in [7, 11) is 0. The number of thiazole rings is 1. The van der Waals surface area contributed by atoms with Crippen molar-refractivity contribution in [1.29, 1.82) is 0 Å². The van der Waals surface area contributed by atoms with Crippen molar-refractivity contribution in [2.75, 3.05) is 5.32 Å². The third-order valence-corrected chi connectivity index (χ3v) is 4.07. The van der Waals surface area contributed by atoms with Crippen molar-refractivity contribution in [3.8, 4) is 0 Å². The molecule has 0 bridgehead atoms. The van der Waals surface area contributed by atoms with Crippen molar-refractivity contribution in [2.45, 2.75) is 26.3 Å². The lowest BCUT2D eigenvalue weighted by Gasteiger charge is -2.03. The number of hydrogen-bond donors (Lipinski definition) is 1. The minimum atomic E-state index is 0.456. The second-order valence-electron chi connectivity index (χ2n) is 4.88. The van der Waals surface area contributed by atoms with Gasteiger partial charge in [0.15, 0.2) is 5.13 Å². The zero-order valence-electron chi connectivity index (χ0n) is 8.95. The molecule has 0 amide bonds. The van der Waals surface area contributed by atoms with Crippen LogP contribution in [0.2, 0.25) is 0 Å². The number of hydrogen-bond acceptors (Lipinski definition) is 3. The van der Waals surface area contributed by atoms with E-state index in [9.17, 15) is 0 Å². The molecule has 1 saturated carbocycles. The number of aromatic nitrogens is 1. The van der Waals surface area contributed by atoms with E-state index in [1.807, 2.05) is 6.07 Å². The van der Waals surface area contributed by atoms with Gasteiger partial charge in [-0.05, 0) is 24.0 Å². The van der Waals surface area contributed by atoms with Crippen molar-refractivity contribution >= 4 is 26.7 Å². The molecule has 0 aliphatic heterocycles. The number of fused-ring (bicyclic) bond motifs is 1. The highest BCUT2D eigenvalue weighted by Gasteiger charge is 2.46. The number of nitrogens with zero attached hydrogens (tertiary/aromatic N) is 1. The van der Waals surface area contributed by atoms with Crippen LogP contribution in [0.4, 0.5) is 5.13 Å². The van der Waals surface area contributed by atoms with Crippen LogP contribution < -0.4 is 5.32 Å². The van der Waals surface area contributed by atoms with Crippen molar-refractivity contribution < 1.29 is 0 Å². The van der Waals surface area contributed by atoms with Crippen LogP contribution in [0.25, 0.3) is 10.2 Å². The third kappa shape index (κ3) is 1.61. The fraction of sp³-hybridized carbons (Fsp3) is 0.417. The first-order valence-corrected chi connectivity index (χ1v) is 6.09. The molecule has 78 valence electrons. The fourth-order valence-corrected chi connectivity index (χ4v) is 2.71. The lowest BCUT2D eigenvalue weighted by atomic mass is 10.2. The number of anilines is 1. The molecule has 0 saturated heterocycles. The van der Waals surface area contributed by atoms with Gasteiger partial charge in [0.1, 0.15) is 0 Å². The van der Waals surface area contributed by atoms with E-state index in [2.05, 4.69) is 42.3 Å². The SMILES string of the molecule is CC1(C)CC1Nc1nc2ccccc2s1. The summed E-state index contributed by atoms with van der Waals surface area (Å²) < 4.78 is 1.26. The summed E-state index contributed by atoms with van der Waals surface area (Å²) in [6.45, 7) is 4.58. The van der Waals surface area contributed by atoms with E-state index in [1.165, 1.54) is 11.1 Å². The second-order valence-corrected chi connectivity index (χ2v) is 5.91. The smallest absolute Gasteiger partial charge is 0.184 e. The van der Waals surface area contributed by atoms with Gasteiger partial charge < -0.3 is 5.32 Å². The summed E-state index contributed by atoms with van der Waals surface area (Å²) in [5.41, 5.74) is 1.56. The first-order chi connectivity index (χ1) is 7.15. The minimum Gasteiger partial charge on any atom is -0.358 e. The summed E-state index contributed by atoms with van der Waals surface area (Å²) in [5, 5.41) is 4.56. The molecule has 1 aromatic carbocycles. The maximum absolute atomic E-state index is 4.57. The standard InChI is InChI=1S/C12H14N2S/c1-12(2)7-10(12)14-11-13-8-5-3-4-6-9(8)15-11/h3-6,10H,7H2,1-2H3,(H,13,14). The highest BCUT2D eigenvalue weighted by molar-refractivity contribution is 7.22. The van der Waals surface area contributed by atoms with E-state index in [4.69, 9.17) is 0 Å². The Morgan fingerprint density at radius 2 is 2.13 bits per heavy atom. The summed E-state index contributed by atoms with van der Waals surface area (Å²) in [6, 6.07) is 8.89. The van der Waals surface area contributed by atoms with E-state index >= 15 is 0 Å². The molecule has 1 atom stereocenters. The molecule has 1 N–H and O–H groups in total. The van der Waals surface area contributed by atoms with E-state index in [0.717, 1.165) is 10.6 Å². The lowest BCUT2D eigenvalue weighted by molar-refractivity contribution is 0.630. The number of benzene rings is 1. The average Bonchev–Trinajstić information content (AvgIpc) is 2.61. The first-order valence-electron chi connectivity index (χ1n) is 5.27. The molecule has 0 radical (unpaired) electrons. The van der Waals surface area contributed by atoms with E-state index in [0.29, 0.717) is 11.5 Å². The Labute approximate surface area is 93.3 Å². The van der Waals surface area contributed by atoms with Gasteiger partial charge in [0.05, 0.1) is 10.2 Å². The van der Waals surface area contributed by atoms with E-state index in [1.54, 1.807) is 11.3 Å². The predicted octanol–water partition coefficient (Wildman–Crippen LogP) is 3.51. The molecule has 1 aliphatic rings. The van der Waals surface area contributed by atoms with Crippen molar-refractivity contribution in [1.82, 2.24) is 4.98 Å². The highest BCUT2D eigenvalue weighted by Crippen LogP contribution is 2.47. The maximum Gasteiger partial charge on any atom is 0.184 e. The summed E-state index contributed by atoms with van der Waals surface area (Å²) >= 11 is 1.74. The molecule has 15 heavy (non-hydrogen) atoms. The molecule has 1 fully saturated rings. The minimum absolute atomic E-state index is 0.456. The Morgan fingerprint density at radius 3 is 2.80 bits per heavy atom. The van der Waals surface area contributed by atoms with Crippen LogP contribution >= 0.6 is 11.3 Å². The molecular weight excluding hydrogens is 204 g/mol. The van der Waals surface area contributed by atoms with Crippen LogP contribution in [0.1, 0.15) is 20.3 Å². The molecular formula is C12H14N2S.